The first-order valence-corrected chi connectivity index (χ1v) is 6.13. The topological polar surface area (TPSA) is 46.3 Å². The Labute approximate surface area is 104 Å². The SMILES string of the molecule is CCc1ccccc1C(=O)N(C)CC(C)CN. The van der Waals surface area contributed by atoms with Crippen molar-refractivity contribution < 1.29 is 4.79 Å². The summed E-state index contributed by atoms with van der Waals surface area (Å²) < 4.78 is 0. The van der Waals surface area contributed by atoms with Gasteiger partial charge in [0.05, 0.1) is 0 Å². The molecule has 0 saturated carbocycles. The van der Waals surface area contributed by atoms with Crippen LogP contribution in [0, 0.1) is 5.92 Å². The minimum atomic E-state index is 0.0859. The molecule has 94 valence electrons. The van der Waals surface area contributed by atoms with Crippen molar-refractivity contribution in [2.45, 2.75) is 20.3 Å². The van der Waals surface area contributed by atoms with Crippen molar-refractivity contribution in [1.29, 1.82) is 0 Å². The fourth-order valence-electron chi connectivity index (χ4n) is 1.87. The number of aryl methyl sites for hydroxylation is 1. The smallest absolute Gasteiger partial charge is 0.253 e. The first-order chi connectivity index (χ1) is 8.10. The lowest BCUT2D eigenvalue weighted by Gasteiger charge is -2.21. The van der Waals surface area contributed by atoms with Crippen molar-refractivity contribution in [2.24, 2.45) is 11.7 Å². The summed E-state index contributed by atoms with van der Waals surface area (Å²) in [5.74, 6) is 0.417. The molecule has 1 aromatic carbocycles. The van der Waals surface area contributed by atoms with Crippen molar-refractivity contribution in [3.8, 4) is 0 Å². The minimum absolute atomic E-state index is 0.0859. The van der Waals surface area contributed by atoms with E-state index < -0.39 is 0 Å². The third kappa shape index (κ3) is 3.56. The van der Waals surface area contributed by atoms with E-state index in [0.717, 1.165) is 17.5 Å². The van der Waals surface area contributed by atoms with Crippen LogP contribution in [0.15, 0.2) is 24.3 Å². The molecule has 0 heterocycles. The molecule has 3 nitrogen and oxygen atoms in total. The van der Waals surface area contributed by atoms with E-state index in [-0.39, 0.29) is 5.91 Å². The van der Waals surface area contributed by atoms with Crippen LogP contribution in [0.2, 0.25) is 0 Å². The Balaban J connectivity index is 2.81. The second-order valence-corrected chi connectivity index (χ2v) is 4.54. The lowest BCUT2D eigenvalue weighted by molar-refractivity contribution is 0.0776. The molecule has 0 aromatic heterocycles. The molecule has 0 aliphatic heterocycles. The van der Waals surface area contributed by atoms with Crippen LogP contribution in [0.5, 0.6) is 0 Å². The van der Waals surface area contributed by atoms with Gasteiger partial charge in [0, 0.05) is 19.2 Å². The van der Waals surface area contributed by atoms with E-state index in [2.05, 4.69) is 13.8 Å². The average Bonchev–Trinajstić information content (AvgIpc) is 2.37. The van der Waals surface area contributed by atoms with E-state index in [4.69, 9.17) is 5.73 Å². The van der Waals surface area contributed by atoms with Gasteiger partial charge in [0.25, 0.3) is 5.91 Å². The van der Waals surface area contributed by atoms with Crippen LogP contribution < -0.4 is 5.73 Å². The van der Waals surface area contributed by atoms with Gasteiger partial charge in [-0.15, -0.1) is 0 Å². The molecule has 0 aliphatic carbocycles. The maximum atomic E-state index is 12.3. The quantitative estimate of drug-likeness (QED) is 0.846. The first kappa shape index (κ1) is 13.7. The largest absolute Gasteiger partial charge is 0.341 e. The zero-order valence-electron chi connectivity index (χ0n) is 10.9. The van der Waals surface area contributed by atoms with E-state index in [9.17, 15) is 4.79 Å². The van der Waals surface area contributed by atoms with Gasteiger partial charge in [-0.05, 0) is 30.5 Å². The summed E-state index contributed by atoms with van der Waals surface area (Å²) in [6.07, 6.45) is 0.877. The van der Waals surface area contributed by atoms with Crippen molar-refractivity contribution in [1.82, 2.24) is 4.90 Å². The zero-order chi connectivity index (χ0) is 12.8. The number of benzene rings is 1. The van der Waals surface area contributed by atoms with Crippen molar-refractivity contribution in [3.63, 3.8) is 0 Å². The van der Waals surface area contributed by atoms with Gasteiger partial charge in [0.2, 0.25) is 0 Å². The van der Waals surface area contributed by atoms with Crippen LogP contribution >= 0.6 is 0 Å². The molecule has 0 spiro atoms. The van der Waals surface area contributed by atoms with E-state index >= 15 is 0 Å². The zero-order valence-corrected chi connectivity index (χ0v) is 10.9. The van der Waals surface area contributed by atoms with E-state index in [1.54, 1.807) is 4.90 Å². The normalized spacial score (nSPS) is 12.2. The Kier molecular flexibility index (Phi) is 5.16. The molecule has 1 unspecified atom stereocenters. The Morgan fingerprint density at radius 2 is 2.06 bits per heavy atom. The Morgan fingerprint density at radius 3 is 2.65 bits per heavy atom. The predicted molar refractivity (Wildman–Crippen MR) is 71.0 cm³/mol. The number of rotatable bonds is 5. The Bertz CT molecular complexity index is 376. The third-order valence-corrected chi connectivity index (χ3v) is 2.96. The highest BCUT2D eigenvalue weighted by Crippen LogP contribution is 2.12. The van der Waals surface area contributed by atoms with Crippen molar-refractivity contribution in [2.75, 3.05) is 20.1 Å². The number of hydrogen-bond acceptors (Lipinski definition) is 2. The highest BCUT2D eigenvalue weighted by molar-refractivity contribution is 5.95. The molecule has 3 heteroatoms. The summed E-state index contributed by atoms with van der Waals surface area (Å²) >= 11 is 0. The number of nitrogens with two attached hydrogens (primary N) is 1. The lowest BCUT2D eigenvalue weighted by Crippen LogP contribution is -2.33. The van der Waals surface area contributed by atoms with Crippen molar-refractivity contribution in [3.05, 3.63) is 35.4 Å². The molecule has 0 radical (unpaired) electrons. The van der Waals surface area contributed by atoms with Gasteiger partial charge in [-0.2, -0.15) is 0 Å². The molecule has 2 N–H and O–H groups in total. The molecular formula is C14H22N2O. The maximum absolute atomic E-state index is 12.3. The fraction of sp³-hybridized carbons (Fsp3) is 0.500. The summed E-state index contributed by atoms with van der Waals surface area (Å²) in [5, 5.41) is 0. The maximum Gasteiger partial charge on any atom is 0.253 e. The van der Waals surface area contributed by atoms with Crippen LogP contribution in [-0.4, -0.2) is 30.9 Å². The molecule has 1 atom stereocenters. The Hall–Kier alpha value is -1.35. The van der Waals surface area contributed by atoms with Crippen LogP contribution in [0.3, 0.4) is 0 Å². The number of nitrogens with zero attached hydrogens (tertiary/aromatic N) is 1. The van der Waals surface area contributed by atoms with E-state index in [1.165, 1.54) is 0 Å². The molecule has 17 heavy (non-hydrogen) atoms. The molecule has 1 amide bonds. The monoisotopic (exact) mass is 234 g/mol. The Morgan fingerprint density at radius 1 is 1.41 bits per heavy atom. The number of carbonyl (C=O) groups is 1. The number of hydrogen-bond donors (Lipinski definition) is 1. The lowest BCUT2D eigenvalue weighted by atomic mass is 10.0. The first-order valence-electron chi connectivity index (χ1n) is 6.13. The van der Waals surface area contributed by atoms with E-state index in [0.29, 0.717) is 19.0 Å². The highest BCUT2D eigenvalue weighted by atomic mass is 16.2. The molecule has 0 aliphatic rings. The third-order valence-electron chi connectivity index (χ3n) is 2.96. The number of amides is 1. The second kappa shape index (κ2) is 6.40. The summed E-state index contributed by atoms with van der Waals surface area (Å²) in [6, 6.07) is 7.78. The van der Waals surface area contributed by atoms with Gasteiger partial charge in [-0.25, -0.2) is 0 Å². The van der Waals surface area contributed by atoms with Gasteiger partial charge >= 0.3 is 0 Å². The van der Waals surface area contributed by atoms with Gasteiger partial charge in [0.1, 0.15) is 0 Å². The summed E-state index contributed by atoms with van der Waals surface area (Å²) in [6.45, 7) is 5.42. The standard InChI is InChI=1S/C14H22N2O/c1-4-12-7-5-6-8-13(12)14(17)16(3)10-11(2)9-15/h5-8,11H,4,9-10,15H2,1-3H3. The van der Waals surface area contributed by atoms with Gasteiger partial charge in [0.15, 0.2) is 0 Å². The molecule has 0 saturated heterocycles. The van der Waals surface area contributed by atoms with Gasteiger partial charge in [-0.1, -0.05) is 32.0 Å². The second-order valence-electron chi connectivity index (χ2n) is 4.54. The molecule has 1 aromatic rings. The van der Waals surface area contributed by atoms with Crippen LogP contribution in [0.1, 0.15) is 29.8 Å². The van der Waals surface area contributed by atoms with Crippen LogP contribution in [0.4, 0.5) is 0 Å². The summed E-state index contributed by atoms with van der Waals surface area (Å²) in [5.41, 5.74) is 7.49. The predicted octanol–water partition coefficient (Wildman–Crippen LogP) is 1.92. The van der Waals surface area contributed by atoms with Crippen LogP contribution in [0.25, 0.3) is 0 Å². The minimum Gasteiger partial charge on any atom is -0.341 e. The highest BCUT2D eigenvalue weighted by Gasteiger charge is 2.15. The number of carbonyl (C=O) groups excluding carboxylic acids is 1. The van der Waals surface area contributed by atoms with Gasteiger partial charge < -0.3 is 10.6 Å². The van der Waals surface area contributed by atoms with Crippen molar-refractivity contribution >= 4 is 5.91 Å². The van der Waals surface area contributed by atoms with E-state index in [1.807, 2.05) is 31.3 Å². The van der Waals surface area contributed by atoms with Crippen LogP contribution in [-0.2, 0) is 6.42 Å². The average molecular weight is 234 g/mol. The summed E-state index contributed by atoms with van der Waals surface area (Å²) in [4.78, 5) is 14.0. The molecular weight excluding hydrogens is 212 g/mol. The molecule has 0 fully saturated rings. The molecule has 1 rings (SSSR count). The fourth-order valence-corrected chi connectivity index (χ4v) is 1.87. The molecule has 0 bridgehead atoms. The van der Waals surface area contributed by atoms with Gasteiger partial charge in [-0.3, -0.25) is 4.79 Å². The summed E-state index contributed by atoms with van der Waals surface area (Å²) in [7, 11) is 1.83.